The number of primary amides is 1. The highest BCUT2D eigenvalue weighted by molar-refractivity contribution is 6.34. The number of rotatable bonds is 3. The molecule has 0 aliphatic carbocycles. The first-order valence-corrected chi connectivity index (χ1v) is 6.05. The minimum atomic E-state index is -0.638. The smallest absolute Gasteiger partial charge is 0.252 e. The minimum absolute atomic E-state index is 0.177. The van der Waals surface area contributed by atoms with E-state index in [9.17, 15) is 4.79 Å². The lowest BCUT2D eigenvalue weighted by atomic mass is 10.1. The van der Waals surface area contributed by atoms with Crippen LogP contribution in [0.3, 0.4) is 0 Å². The zero-order chi connectivity index (χ0) is 14.0. The van der Waals surface area contributed by atoms with Crippen LogP contribution in [0.4, 0.5) is 5.69 Å². The summed E-state index contributed by atoms with van der Waals surface area (Å²) in [7, 11) is 0. The van der Waals surface area contributed by atoms with E-state index in [2.05, 4.69) is 0 Å². The van der Waals surface area contributed by atoms with Gasteiger partial charge in [0.1, 0.15) is 11.5 Å². The van der Waals surface area contributed by atoms with Gasteiger partial charge in [-0.25, -0.2) is 0 Å². The summed E-state index contributed by atoms with van der Waals surface area (Å²) in [6.07, 6.45) is 0. The molecule has 6 heteroatoms. The average molecular weight is 297 g/mol. The molecule has 0 aromatic heterocycles. The lowest BCUT2D eigenvalue weighted by Crippen LogP contribution is -2.12. The van der Waals surface area contributed by atoms with Gasteiger partial charge in [-0.15, -0.1) is 0 Å². The fourth-order valence-corrected chi connectivity index (χ4v) is 1.82. The molecule has 0 atom stereocenters. The van der Waals surface area contributed by atoms with Crippen molar-refractivity contribution in [3.63, 3.8) is 0 Å². The fraction of sp³-hybridized carbons (Fsp3) is 0. The summed E-state index contributed by atoms with van der Waals surface area (Å²) >= 11 is 11.8. The van der Waals surface area contributed by atoms with Gasteiger partial charge in [-0.2, -0.15) is 0 Å². The van der Waals surface area contributed by atoms with E-state index in [1.807, 2.05) is 0 Å². The van der Waals surface area contributed by atoms with Crippen molar-refractivity contribution in [3.8, 4) is 11.5 Å². The van der Waals surface area contributed by atoms with Gasteiger partial charge in [-0.05, 0) is 30.3 Å². The normalized spacial score (nSPS) is 10.2. The molecule has 4 nitrogen and oxygen atoms in total. The van der Waals surface area contributed by atoms with Crippen molar-refractivity contribution < 1.29 is 9.53 Å². The molecule has 1 amide bonds. The quantitative estimate of drug-likeness (QED) is 0.851. The van der Waals surface area contributed by atoms with Gasteiger partial charge in [-0.3, -0.25) is 4.79 Å². The second-order valence-corrected chi connectivity index (χ2v) is 4.64. The number of carbonyl (C=O) groups excluding carboxylic acids is 1. The standard InChI is InChI=1S/C13H10Cl2N2O2/c14-7-1-3-10(15)12(5-7)19-11-4-2-8(16)6-9(11)13(17)18/h1-6H,16H2,(H2,17,18). The fourth-order valence-electron chi connectivity index (χ4n) is 1.50. The molecule has 0 saturated carbocycles. The Kier molecular flexibility index (Phi) is 3.83. The first-order chi connectivity index (χ1) is 8.97. The van der Waals surface area contributed by atoms with Gasteiger partial charge in [0.25, 0.3) is 5.91 Å². The molecule has 2 aromatic rings. The lowest BCUT2D eigenvalue weighted by Gasteiger charge is -2.11. The van der Waals surface area contributed by atoms with Crippen LogP contribution in [-0.2, 0) is 0 Å². The Hall–Kier alpha value is -1.91. The summed E-state index contributed by atoms with van der Waals surface area (Å²) in [4.78, 5) is 11.3. The third-order valence-corrected chi connectivity index (χ3v) is 2.93. The predicted octanol–water partition coefficient (Wildman–Crippen LogP) is 3.47. The number of hydrogen-bond donors (Lipinski definition) is 2. The van der Waals surface area contributed by atoms with Crippen LogP contribution in [0.15, 0.2) is 36.4 Å². The zero-order valence-electron chi connectivity index (χ0n) is 9.69. The molecule has 4 N–H and O–H groups in total. The maximum Gasteiger partial charge on any atom is 0.252 e. The maximum atomic E-state index is 11.3. The van der Waals surface area contributed by atoms with E-state index in [0.717, 1.165) is 0 Å². The van der Waals surface area contributed by atoms with E-state index in [1.165, 1.54) is 6.07 Å². The molecule has 0 radical (unpaired) electrons. The molecule has 0 spiro atoms. The highest BCUT2D eigenvalue weighted by atomic mass is 35.5. The molecular weight excluding hydrogens is 287 g/mol. The number of carbonyl (C=O) groups is 1. The Morgan fingerprint density at radius 3 is 2.47 bits per heavy atom. The highest BCUT2D eigenvalue weighted by Crippen LogP contribution is 2.33. The molecule has 98 valence electrons. The maximum absolute atomic E-state index is 11.3. The lowest BCUT2D eigenvalue weighted by molar-refractivity contribution is 0.0998. The second kappa shape index (κ2) is 5.38. The van der Waals surface area contributed by atoms with Crippen LogP contribution in [0.5, 0.6) is 11.5 Å². The number of nitrogen functional groups attached to an aromatic ring is 1. The summed E-state index contributed by atoms with van der Waals surface area (Å²) < 4.78 is 5.56. The molecule has 0 aliphatic rings. The van der Waals surface area contributed by atoms with Gasteiger partial charge in [0.2, 0.25) is 0 Å². The second-order valence-electron chi connectivity index (χ2n) is 3.80. The molecule has 0 fully saturated rings. The first kappa shape index (κ1) is 13.5. The molecule has 0 bridgehead atoms. The van der Waals surface area contributed by atoms with Gasteiger partial charge in [0.05, 0.1) is 10.6 Å². The van der Waals surface area contributed by atoms with Crippen LogP contribution < -0.4 is 16.2 Å². The Balaban J connectivity index is 2.43. The highest BCUT2D eigenvalue weighted by Gasteiger charge is 2.12. The number of anilines is 1. The van der Waals surface area contributed by atoms with Gasteiger partial charge >= 0.3 is 0 Å². The zero-order valence-corrected chi connectivity index (χ0v) is 11.2. The Labute approximate surface area is 119 Å². The Morgan fingerprint density at radius 2 is 1.79 bits per heavy atom. The number of nitrogens with two attached hydrogens (primary N) is 2. The number of benzene rings is 2. The van der Waals surface area contributed by atoms with Crippen molar-refractivity contribution in [2.24, 2.45) is 5.73 Å². The van der Waals surface area contributed by atoms with E-state index in [-0.39, 0.29) is 11.3 Å². The van der Waals surface area contributed by atoms with Crippen LogP contribution in [0.1, 0.15) is 10.4 Å². The molecule has 0 heterocycles. The molecule has 2 rings (SSSR count). The van der Waals surface area contributed by atoms with Crippen LogP contribution >= 0.6 is 23.2 Å². The van der Waals surface area contributed by atoms with Gasteiger partial charge < -0.3 is 16.2 Å². The molecule has 0 aliphatic heterocycles. The average Bonchev–Trinajstić information content (AvgIpc) is 2.35. The summed E-state index contributed by atoms with van der Waals surface area (Å²) in [5, 5.41) is 0.840. The molecule has 2 aromatic carbocycles. The topological polar surface area (TPSA) is 78.3 Å². The van der Waals surface area contributed by atoms with E-state index < -0.39 is 5.91 Å². The van der Waals surface area contributed by atoms with Crippen LogP contribution in [0, 0.1) is 0 Å². The van der Waals surface area contributed by atoms with Crippen molar-refractivity contribution in [3.05, 3.63) is 52.0 Å². The molecule has 0 saturated heterocycles. The number of hydrogen-bond acceptors (Lipinski definition) is 3. The summed E-state index contributed by atoms with van der Waals surface area (Å²) in [5.74, 6) is -0.0345. The number of halogens is 2. The van der Waals surface area contributed by atoms with Crippen molar-refractivity contribution in [1.82, 2.24) is 0 Å². The van der Waals surface area contributed by atoms with E-state index in [0.29, 0.717) is 21.5 Å². The first-order valence-electron chi connectivity index (χ1n) is 5.29. The van der Waals surface area contributed by atoms with Crippen LogP contribution in [0.25, 0.3) is 0 Å². The van der Waals surface area contributed by atoms with Crippen molar-refractivity contribution >= 4 is 34.8 Å². The summed E-state index contributed by atoms with van der Waals surface area (Å²) in [6.45, 7) is 0. The minimum Gasteiger partial charge on any atom is -0.455 e. The third-order valence-electron chi connectivity index (χ3n) is 2.38. The molecular formula is C13H10Cl2N2O2. The van der Waals surface area contributed by atoms with E-state index in [4.69, 9.17) is 39.4 Å². The number of ether oxygens (including phenoxy) is 1. The predicted molar refractivity (Wildman–Crippen MR) is 75.9 cm³/mol. The van der Waals surface area contributed by atoms with Crippen molar-refractivity contribution in [2.45, 2.75) is 0 Å². The molecule has 19 heavy (non-hydrogen) atoms. The summed E-state index contributed by atoms with van der Waals surface area (Å²) in [6, 6.07) is 9.36. The Bertz CT molecular complexity index is 645. The van der Waals surface area contributed by atoms with E-state index >= 15 is 0 Å². The monoisotopic (exact) mass is 296 g/mol. The summed E-state index contributed by atoms with van der Waals surface area (Å²) in [5.41, 5.74) is 11.5. The van der Waals surface area contributed by atoms with Gasteiger partial charge in [-0.1, -0.05) is 23.2 Å². The number of amides is 1. The van der Waals surface area contributed by atoms with Crippen molar-refractivity contribution in [2.75, 3.05) is 5.73 Å². The van der Waals surface area contributed by atoms with Crippen LogP contribution in [-0.4, -0.2) is 5.91 Å². The third kappa shape index (κ3) is 3.10. The van der Waals surface area contributed by atoms with Gasteiger partial charge in [0.15, 0.2) is 0 Å². The molecule has 0 unspecified atom stereocenters. The Morgan fingerprint density at radius 1 is 1.05 bits per heavy atom. The van der Waals surface area contributed by atoms with Crippen LogP contribution in [0.2, 0.25) is 10.0 Å². The van der Waals surface area contributed by atoms with Crippen molar-refractivity contribution in [1.29, 1.82) is 0 Å². The van der Waals surface area contributed by atoms with E-state index in [1.54, 1.807) is 30.3 Å². The largest absolute Gasteiger partial charge is 0.455 e. The SMILES string of the molecule is NC(=O)c1cc(N)ccc1Oc1cc(Cl)ccc1Cl. The van der Waals surface area contributed by atoms with Gasteiger partial charge in [0, 0.05) is 16.8 Å².